The fourth-order valence-corrected chi connectivity index (χ4v) is 3.63. The lowest BCUT2D eigenvalue weighted by Crippen LogP contribution is -2.27. The first-order valence-electron chi connectivity index (χ1n) is 8.00. The number of fused-ring (bicyclic) bond motifs is 1. The maximum absolute atomic E-state index is 4.61. The molecule has 6 nitrogen and oxygen atoms in total. The van der Waals surface area contributed by atoms with E-state index in [0.717, 1.165) is 38.9 Å². The van der Waals surface area contributed by atoms with Crippen molar-refractivity contribution in [2.45, 2.75) is 24.9 Å². The summed E-state index contributed by atoms with van der Waals surface area (Å²) in [6, 6.07) is 12.2. The lowest BCUT2D eigenvalue weighted by atomic mass is 9.95. The number of rotatable bonds is 3. The van der Waals surface area contributed by atoms with Crippen molar-refractivity contribution in [1.29, 1.82) is 0 Å². The van der Waals surface area contributed by atoms with Crippen LogP contribution < -0.4 is 5.43 Å². The van der Waals surface area contributed by atoms with E-state index in [2.05, 4.69) is 38.0 Å². The number of hydrazone groups is 1. The molecular formula is C18H18N6S. The molecule has 0 bridgehead atoms. The Bertz CT molecular complexity index is 948. The number of benzene rings is 1. The molecule has 1 aromatic carbocycles. The van der Waals surface area contributed by atoms with Crippen molar-refractivity contribution >= 4 is 18.0 Å². The molecule has 7 heteroatoms. The van der Waals surface area contributed by atoms with E-state index >= 15 is 0 Å². The highest BCUT2D eigenvalue weighted by molar-refractivity contribution is 7.98. The molecule has 0 spiro atoms. The zero-order valence-corrected chi connectivity index (χ0v) is 15.1. The summed E-state index contributed by atoms with van der Waals surface area (Å²) >= 11 is 1.57. The molecule has 1 unspecified atom stereocenters. The molecule has 0 amide bonds. The molecule has 1 aliphatic rings. The van der Waals surface area contributed by atoms with E-state index in [4.69, 9.17) is 0 Å². The van der Waals surface area contributed by atoms with E-state index in [1.54, 1.807) is 11.8 Å². The summed E-state index contributed by atoms with van der Waals surface area (Å²) in [6.45, 7) is 4.01. The molecule has 1 aliphatic heterocycles. The maximum atomic E-state index is 4.61. The van der Waals surface area contributed by atoms with Gasteiger partial charge in [0, 0.05) is 16.8 Å². The summed E-state index contributed by atoms with van der Waals surface area (Å²) in [5.41, 5.74) is 8.39. The van der Waals surface area contributed by atoms with Crippen LogP contribution in [-0.4, -0.2) is 32.4 Å². The Balaban J connectivity index is 1.99. The second kappa shape index (κ2) is 6.33. The third kappa shape index (κ3) is 2.70. The number of nitrogens with zero attached hydrogens (tertiary/aromatic N) is 5. The van der Waals surface area contributed by atoms with E-state index in [1.807, 2.05) is 55.3 Å². The normalized spacial score (nSPS) is 15.7. The Morgan fingerprint density at radius 2 is 1.92 bits per heavy atom. The summed E-state index contributed by atoms with van der Waals surface area (Å²) in [4.78, 5) is 0. The molecule has 4 rings (SSSR count). The van der Waals surface area contributed by atoms with Gasteiger partial charge in [-0.2, -0.15) is 10.2 Å². The third-order valence-corrected chi connectivity index (χ3v) is 4.91. The van der Waals surface area contributed by atoms with Gasteiger partial charge in [0.25, 0.3) is 0 Å². The predicted octanol–water partition coefficient (Wildman–Crippen LogP) is 3.03. The lowest BCUT2D eigenvalue weighted by molar-refractivity contribution is 0.606. The van der Waals surface area contributed by atoms with Crippen molar-refractivity contribution in [2.24, 2.45) is 5.10 Å². The summed E-state index contributed by atoms with van der Waals surface area (Å²) in [7, 11) is 0. The number of aromatic nitrogens is 4. The van der Waals surface area contributed by atoms with Gasteiger partial charge in [-0.3, -0.25) is 5.43 Å². The smallest absolute Gasteiger partial charge is 0.182 e. The van der Waals surface area contributed by atoms with Gasteiger partial charge in [-0.1, -0.05) is 30.3 Å². The van der Waals surface area contributed by atoms with Crippen molar-refractivity contribution in [3.8, 4) is 5.82 Å². The Morgan fingerprint density at radius 3 is 2.60 bits per heavy atom. The molecule has 0 saturated carbocycles. The van der Waals surface area contributed by atoms with Crippen molar-refractivity contribution < 1.29 is 0 Å². The first-order chi connectivity index (χ1) is 12.2. The molecular weight excluding hydrogens is 332 g/mol. The first-order valence-corrected chi connectivity index (χ1v) is 9.23. The number of hydrogen-bond acceptors (Lipinski definition) is 6. The minimum atomic E-state index is -0.0958. The van der Waals surface area contributed by atoms with Crippen LogP contribution in [0.15, 0.2) is 46.5 Å². The summed E-state index contributed by atoms with van der Waals surface area (Å²) in [5.74, 6) is 0.742. The second-order valence-electron chi connectivity index (χ2n) is 5.93. The van der Waals surface area contributed by atoms with Crippen molar-refractivity contribution in [1.82, 2.24) is 25.4 Å². The minimum Gasteiger partial charge on any atom is -0.298 e. The van der Waals surface area contributed by atoms with Crippen LogP contribution >= 0.6 is 11.8 Å². The zero-order chi connectivity index (χ0) is 17.4. The van der Waals surface area contributed by atoms with Crippen molar-refractivity contribution in [3.63, 3.8) is 0 Å². The van der Waals surface area contributed by atoms with Crippen LogP contribution in [0.3, 0.4) is 0 Å². The van der Waals surface area contributed by atoms with Crippen molar-refractivity contribution in [2.75, 3.05) is 6.26 Å². The largest absolute Gasteiger partial charge is 0.298 e. The Hall–Kier alpha value is -2.67. The Morgan fingerprint density at radius 1 is 1.12 bits per heavy atom. The van der Waals surface area contributed by atoms with Crippen LogP contribution in [0.5, 0.6) is 0 Å². The SMILES string of the molecule is CSc1nnc(-n2nc(C)cc2C)c2c1C=NNC2c1ccccc1. The zero-order valence-electron chi connectivity index (χ0n) is 14.3. The van der Waals surface area contributed by atoms with Gasteiger partial charge in [0.2, 0.25) is 0 Å². The Kier molecular flexibility index (Phi) is 4.01. The van der Waals surface area contributed by atoms with E-state index in [0.29, 0.717) is 0 Å². The van der Waals surface area contributed by atoms with Crippen LogP contribution in [0.2, 0.25) is 0 Å². The minimum absolute atomic E-state index is 0.0958. The molecule has 1 N–H and O–H groups in total. The van der Waals surface area contributed by atoms with Gasteiger partial charge in [0.05, 0.1) is 18.0 Å². The highest BCUT2D eigenvalue weighted by Gasteiger charge is 2.28. The van der Waals surface area contributed by atoms with Crippen molar-refractivity contribution in [3.05, 3.63) is 64.5 Å². The number of aryl methyl sites for hydroxylation is 2. The summed E-state index contributed by atoms with van der Waals surface area (Å²) < 4.78 is 1.86. The Labute approximate surface area is 150 Å². The van der Waals surface area contributed by atoms with Gasteiger partial charge in [0.15, 0.2) is 5.82 Å². The summed E-state index contributed by atoms with van der Waals surface area (Å²) in [6.07, 6.45) is 3.82. The highest BCUT2D eigenvalue weighted by atomic mass is 32.2. The summed E-state index contributed by atoms with van der Waals surface area (Å²) in [5, 5.41) is 18.7. The highest BCUT2D eigenvalue weighted by Crippen LogP contribution is 2.34. The molecule has 1 atom stereocenters. The van der Waals surface area contributed by atoms with Crippen LogP contribution in [0.25, 0.3) is 5.82 Å². The molecule has 126 valence electrons. The molecule has 3 aromatic rings. The molecule has 0 radical (unpaired) electrons. The maximum Gasteiger partial charge on any atom is 0.182 e. The van der Waals surface area contributed by atoms with E-state index in [-0.39, 0.29) is 6.04 Å². The fraction of sp³-hybridized carbons (Fsp3) is 0.222. The second-order valence-corrected chi connectivity index (χ2v) is 6.73. The topological polar surface area (TPSA) is 68.0 Å². The van der Waals surface area contributed by atoms with E-state index in [1.165, 1.54) is 0 Å². The molecule has 25 heavy (non-hydrogen) atoms. The number of thioether (sulfide) groups is 1. The average molecular weight is 350 g/mol. The standard InChI is InChI=1S/C18H18N6S/c1-11-9-12(2)24(23-11)17-15-14(18(25-3)22-21-17)10-19-20-16(15)13-7-5-4-6-8-13/h4-10,16,20H,1-3H3. The van der Waals surface area contributed by atoms with Gasteiger partial charge in [-0.05, 0) is 31.7 Å². The quantitative estimate of drug-likeness (QED) is 0.736. The van der Waals surface area contributed by atoms with Crippen LogP contribution in [0, 0.1) is 13.8 Å². The van der Waals surface area contributed by atoms with Gasteiger partial charge < -0.3 is 0 Å². The van der Waals surface area contributed by atoms with E-state index in [9.17, 15) is 0 Å². The third-order valence-electron chi connectivity index (χ3n) is 4.22. The molecule has 3 heterocycles. The monoisotopic (exact) mass is 350 g/mol. The fourth-order valence-electron chi connectivity index (χ4n) is 3.12. The van der Waals surface area contributed by atoms with Gasteiger partial charge in [0.1, 0.15) is 5.03 Å². The van der Waals surface area contributed by atoms with Gasteiger partial charge in [-0.25, -0.2) is 4.68 Å². The number of hydrogen-bond donors (Lipinski definition) is 1. The van der Waals surface area contributed by atoms with E-state index < -0.39 is 0 Å². The predicted molar refractivity (Wildman–Crippen MR) is 99.4 cm³/mol. The average Bonchev–Trinajstić information content (AvgIpc) is 2.99. The first kappa shape index (κ1) is 15.8. The lowest BCUT2D eigenvalue weighted by Gasteiger charge is -2.25. The molecule has 2 aromatic heterocycles. The van der Waals surface area contributed by atoms with Crippen LogP contribution in [0.1, 0.15) is 34.1 Å². The molecule has 0 aliphatic carbocycles. The van der Waals surface area contributed by atoms with Gasteiger partial charge in [-0.15, -0.1) is 22.0 Å². The van der Waals surface area contributed by atoms with Crippen LogP contribution in [-0.2, 0) is 0 Å². The number of nitrogens with one attached hydrogen (secondary N) is 1. The molecule has 0 saturated heterocycles. The van der Waals surface area contributed by atoms with Gasteiger partial charge >= 0.3 is 0 Å². The molecule has 0 fully saturated rings. The van der Waals surface area contributed by atoms with Crippen LogP contribution in [0.4, 0.5) is 0 Å².